The fourth-order valence-electron chi connectivity index (χ4n) is 4.51. The summed E-state index contributed by atoms with van der Waals surface area (Å²) in [4.78, 5) is 32.6. The molecule has 1 aliphatic heterocycles. The molecule has 0 aliphatic carbocycles. The predicted molar refractivity (Wildman–Crippen MR) is 130 cm³/mol. The van der Waals surface area contributed by atoms with Crippen LogP contribution in [0.5, 0.6) is 0 Å². The Morgan fingerprint density at radius 2 is 2.00 bits per heavy atom. The van der Waals surface area contributed by atoms with Gasteiger partial charge in [-0.1, -0.05) is 11.8 Å². The van der Waals surface area contributed by atoms with E-state index in [9.17, 15) is 18.0 Å². The molecule has 0 aromatic carbocycles. The van der Waals surface area contributed by atoms with Gasteiger partial charge in [0.25, 0.3) is 5.56 Å². The molecule has 4 heterocycles. The largest absolute Gasteiger partial charge is 0.344 e. The molecule has 7 nitrogen and oxygen atoms in total. The lowest BCUT2D eigenvalue weighted by atomic mass is 10.2. The maximum Gasteiger partial charge on any atom is 0.263 e. The molecule has 0 spiro atoms. The summed E-state index contributed by atoms with van der Waals surface area (Å²) in [5, 5.41) is 1.22. The molecule has 1 aliphatic rings. The van der Waals surface area contributed by atoms with Gasteiger partial charge in [-0.3, -0.25) is 14.2 Å². The Labute approximate surface area is 195 Å². The Morgan fingerprint density at radius 3 is 2.62 bits per heavy atom. The van der Waals surface area contributed by atoms with Crippen LogP contribution in [0.1, 0.15) is 51.6 Å². The van der Waals surface area contributed by atoms with Crippen LogP contribution in [0.25, 0.3) is 10.2 Å². The van der Waals surface area contributed by atoms with Crippen molar-refractivity contribution in [1.29, 1.82) is 0 Å². The van der Waals surface area contributed by atoms with E-state index in [1.54, 1.807) is 4.57 Å². The molecule has 32 heavy (non-hydrogen) atoms. The average molecular weight is 494 g/mol. The molecular weight excluding hydrogens is 466 g/mol. The SMILES string of the molecule is CCn1c(SCC(=O)c2cc(C)n(C3CCS(=O)(=O)C3)c2C)nc2sc(C)c(C)c2c1=O. The van der Waals surface area contributed by atoms with E-state index in [0.717, 1.165) is 21.8 Å². The van der Waals surface area contributed by atoms with Crippen molar-refractivity contribution in [1.82, 2.24) is 14.1 Å². The normalized spacial score (nSPS) is 18.0. The van der Waals surface area contributed by atoms with Crippen molar-refractivity contribution in [3.05, 3.63) is 43.8 Å². The highest BCUT2D eigenvalue weighted by Crippen LogP contribution is 2.31. The molecule has 3 aromatic rings. The molecule has 1 atom stereocenters. The van der Waals surface area contributed by atoms with Crippen LogP contribution < -0.4 is 5.56 Å². The van der Waals surface area contributed by atoms with Crippen LogP contribution in [0, 0.1) is 27.7 Å². The fourth-order valence-corrected chi connectivity index (χ4v) is 8.22. The minimum absolute atomic E-state index is 0.0502. The second-order valence-electron chi connectivity index (χ2n) is 8.33. The summed E-state index contributed by atoms with van der Waals surface area (Å²) in [5.74, 6) is 0.427. The van der Waals surface area contributed by atoms with Crippen molar-refractivity contribution in [3.63, 3.8) is 0 Å². The Balaban J connectivity index is 1.60. The first-order valence-electron chi connectivity index (χ1n) is 10.6. The lowest BCUT2D eigenvalue weighted by Gasteiger charge is -2.16. The highest BCUT2D eigenvalue weighted by molar-refractivity contribution is 7.99. The number of Topliss-reactive ketones (excluding diaryl/α,β-unsaturated/α-hetero) is 1. The molecule has 1 saturated heterocycles. The summed E-state index contributed by atoms with van der Waals surface area (Å²) >= 11 is 2.78. The van der Waals surface area contributed by atoms with Gasteiger partial charge in [-0.2, -0.15) is 0 Å². The van der Waals surface area contributed by atoms with Crippen LogP contribution >= 0.6 is 23.1 Å². The van der Waals surface area contributed by atoms with Crippen molar-refractivity contribution in [2.75, 3.05) is 17.3 Å². The van der Waals surface area contributed by atoms with Gasteiger partial charge >= 0.3 is 0 Å². The minimum Gasteiger partial charge on any atom is -0.344 e. The minimum atomic E-state index is -3.02. The third-order valence-corrected chi connectivity index (χ3v) is 10.1. The highest BCUT2D eigenvalue weighted by Gasteiger charge is 2.31. The number of sulfone groups is 1. The van der Waals surface area contributed by atoms with Crippen LogP contribution in [0.15, 0.2) is 16.0 Å². The Kier molecular flexibility index (Phi) is 6.15. The summed E-state index contributed by atoms with van der Waals surface area (Å²) in [5.41, 5.74) is 3.21. The number of hydrogen-bond donors (Lipinski definition) is 0. The number of carbonyl (C=O) groups excluding carboxylic acids is 1. The van der Waals surface area contributed by atoms with Gasteiger partial charge < -0.3 is 4.57 Å². The smallest absolute Gasteiger partial charge is 0.263 e. The van der Waals surface area contributed by atoms with Crippen LogP contribution in [-0.2, 0) is 16.4 Å². The molecule has 4 rings (SSSR count). The van der Waals surface area contributed by atoms with Crippen molar-refractivity contribution < 1.29 is 13.2 Å². The topological polar surface area (TPSA) is 91.0 Å². The second-order valence-corrected chi connectivity index (χ2v) is 12.7. The Bertz CT molecular complexity index is 1400. The molecule has 1 unspecified atom stereocenters. The van der Waals surface area contributed by atoms with E-state index in [2.05, 4.69) is 0 Å². The van der Waals surface area contributed by atoms with Crippen molar-refractivity contribution in [2.45, 2.75) is 58.8 Å². The van der Waals surface area contributed by atoms with E-state index in [1.165, 1.54) is 23.1 Å². The first-order chi connectivity index (χ1) is 15.0. The number of thioether (sulfide) groups is 1. The number of hydrogen-bond acceptors (Lipinski definition) is 7. The van der Waals surface area contributed by atoms with Crippen molar-refractivity contribution >= 4 is 48.9 Å². The molecule has 172 valence electrons. The van der Waals surface area contributed by atoms with E-state index < -0.39 is 9.84 Å². The van der Waals surface area contributed by atoms with Gasteiger partial charge in [-0.05, 0) is 52.7 Å². The van der Waals surface area contributed by atoms with E-state index in [1.807, 2.05) is 45.3 Å². The number of thiophene rings is 1. The first-order valence-corrected chi connectivity index (χ1v) is 14.2. The molecule has 0 amide bonds. The molecule has 1 fully saturated rings. The van der Waals surface area contributed by atoms with Crippen LogP contribution in [0.4, 0.5) is 0 Å². The fraction of sp³-hybridized carbons (Fsp3) is 0.500. The summed E-state index contributed by atoms with van der Waals surface area (Å²) in [6.07, 6.45) is 0.577. The standard InChI is InChI=1S/C22H27N3O4S3/c1-6-24-21(27)19-13(3)15(5)31-20(19)23-22(24)30-10-18(26)17-9-12(2)25(14(17)4)16-7-8-32(28,29)11-16/h9,16H,6-8,10-11H2,1-5H3. The van der Waals surface area contributed by atoms with Gasteiger partial charge in [0.15, 0.2) is 20.8 Å². The average Bonchev–Trinajstić information content (AvgIpc) is 3.32. The summed E-state index contributed by atoms with van der Waals surface area (Å²) in [7, 11) is -3.02. The molecule has 0 N–H and O–H groups in total. The van der Waals surface area contributed by atoms with E-state index >= 15 is 0 Å². The van der Waals surface area contributed by atoms with Gasteiger partial charge in [0.05, 0.1) is 22.6 Å². The third kappa shape index (κ3) is 3.97. The van der Waals surface area contributed by atoms with E-state index in [0.29, 0.717) is 33.9 Å². The van der Waals surface area contributed by atoms with E-state index in [-0.39, 0.29) is 34.6 Å². The predicted octanol–water partition coefficient (Wildman–Crippen LogP) is 3.85. The summed E-state index contributed by atoms with van der Waals surface area (Å²) in [6.45, 7) is 10.1. The lowest BCUT2D eigenvalue weighted by molar-refractivity contribution is 0.102. The molecule has 0 bridgehead atoms. The molecule has 0 radical (unpaired) electrons. The number of nitrogens with zero attached hydrogens (tertiary/aromatic N) is 3. The van der Waals surface area contributed by atoms with Gasteiger partial charge in [-0.15, -0.1) is 11.3 Å². The first kappa shape index (κ1) is 23.3. The number of aromatic nitrogens is 3. The summed E-state index contributed by atoms with van der Waals surface area (Å²) < 4.78 is 27.5. The Hall–Kier alpha value is -1.91. The number of aryl methyl sites for hydroxylation is 3. The van der Waals surface area contributed by atoms with Crippen LogP contribution in [-0.4, -0.2) is 45.6 Å². The zero-order valence-electron chi connectivity index (χ0n) is 18.9. The quantitative estimate of drug-likeness (QED) is 0.294. The second kappa shape index (κ2) is 8.46. The van der Waals surface area contributed by atoms with Crippen LogP contribution in [0.2, 0.25) is 0 Å². The lowest BCUT2D eigenvalue weighted by Crippen LogP contribution is -2.22. The molecule has 10 heteroatoms. The molecular formula is C22H27N3O4S3. The van der Waals surface area contributed by atoms with Crippen molar-refractivity contribution in [2.24, 2.45) is 0 Å². The Morgan fingerprint density at radius 1 is 1.28 bits per heavy atom. The number of carbonyl (C=O) groups is 1. The number of rotatable bonds is 6. The van der Waals surface area contributed by atoms with Gasteiger partial charge in [0.2, 0.25) is 0 Å². The van der Waals surface area contributed by atoms with Gasteiger partial charge in [-0.25, -0.2) is 13.4 Å². The maximum absolute atomic E-state index is 13.1. The monoisotopic (exact) mass is 493 g/mol. The zero-order valence-corrected chi connectivity index (χ0v) is 21.3. The number of fused-ring (bicyclic) bond motifs is 1. The molecule has 0 saturated carbocycles. The van der Waals surface area contributed by atoms with E-state index in [4.69, 9.17) is 4.98 Å². The zero-order chi connectivity index (χ0) is 23.4. The van der Waals surface area contributed by atoms with Crippen molar-refractivity contribution in [3.8, 4) is 0 Å². The third-order valence-electron chi connectivity index (χ3n) is 6.26. The van der Waals surface area contributed by atoms with Gasteiger partial charge in [0, 0.05) is 34.4 Å². The summed E-state index contributed by atoms with van der Waals surface area (Å²) in [6, 6.07) is 1.73. The number of ketones is 1. The van der Waals surface area contributed by atoms with Gasteiger partial charge in [0.1, 0.15) is 4.83 Å². The van der Waals surface area contributed by atoms with Crippen LogP contribution in [0.3, 0.4) is 0 Å². The maximum atomic E-state index is 13.1. The highest BCUT2D eigenvalue weighted by atomic mass is 32.2. The molecule has 3 aromatic heterocycles.